The van der Waals surface area contributed by atoms with Crippen molar-refractivity contribution in [2.24, 2.45) is 0 Å². The van der Waals surface area contributed by atoms with Gasteiger partial charge in [-0.15, -0.1) is 0 Å². The SMILES string of the molecule is CCOCC(C)N(C)C(CC)C(=O)O. The highest BCUT2D eigenvalue weighted by Crippen LogP contribution is 2.07. The summed E-state index contributed by atoms with van der Waals surface area (Å²) in [6, 6.07) is -0.276. The van der Waals surface area contributed by atoms with Gasteiger partial charge in [0.2, 0.25) is 0 Å². The molecule has 0 saturated carbocycles. The van der Waals surface area contributed by atoms with Crippen LogP contribution in [-0.4, -0.2) is 48.3 Å². The van der Waals surface area contributed by atoms with E-state index in [4.69, 9.17) is 9.84 Å². The van der Waals surface area contributed by atoms with Gasteiger partial charge in [-0.2, -0.15) is 0 Å². The Balaban J connectivity index is 4.12. The molecular formula is C10H21NO3. The molecule has 0 spiro atoms. The molecule has 4 heteroatoms. The smallest absolute Gasteiger partial charge is 0.320 e. The van der Waals surface area contributed by atoms with Crippen LogP contribution < -0.4 is 0 Å². The Bertz CT molecular complexity index is 173. The fourth-order valence-corrected chi connectivity index (χ4v) is 1.35. The van der Waals surface area contributed by atoms with Gasteiger partial charge in [-0.05, 0) is 27.3 Å². The zero-order valence-corrected chi connectivity index (χ0v) is 9.49. The lowest BCUT2D eigenvalue weighted by atomic mass is 10.1. The first-order valence-corrected chi connectivity index (χ1v) is 5.07. The number of likely N-dealkylation sites (N-methyl/N-ethyl adjacent to an activating group) is 1. The van der Waals surface area contributed by atoms with Crippen LogP contribution in [0, 0.1) is 0 Å². The second kappa shape index (κ2) is 6.79. The van der Waals surface area contributed by atoms with Crippen molar-refractivity contribution in [3.63, 3.8) is 0 Å². The molecular weight excluding hydrogens is 182 g/mol. The molecule has 0 rings (SSSR count). The summed E-state index contributed by atoms with van der Waals surface area (Å²) in [5.74, 6) is -0.765. The summed E-state index contributed by atoms with van der Waals surface area (Å²) < 4.78 is 5.26. The molecule has 0 heterocycles. The Kier molecular flexibility index (Phi) is 6.49. The first-order chi connectivity index (χ1) is 6.54. The minimum absolute atomic E-state index is 0.135. The van der Waals surface area contributed by atoms with Crippen LogP contribution in [0.2, 0.25) is 0 Å². The molecule has 1 N–H and O–H groups in total. The monoisotopic (exact) mass is 203 g/mol. The second-order valence-electron chi connectivity index (χ2n) is 3.44. The van der Waals surface area contributed by atoms with E-state index in [1.165, 1.54) is 0 Å². The summed E-state index contributed by atoms with van der Waals surface area (Å²) in [6.07, 6.45) is 0.613. The number of rotatable bonds is 7. The molecule has 0 aromatic carbocycles. The summed E-state index contributed by atoms with van der Waals surface area (Å²) in [6.45, 7) is 7.03. The van der Waals surface area contributed by atoms with E-state index in [1.54, 1.807) is 0 Å². The third kappa shape index (κ3) is 4.07. The molecule has 0 aliphatic heterocycles. The summed E-state index contributed by atoms with van der Waals surface area (Å²) in [7, 11) is 1.83. The van der Waals surface area contributed by atoms with Gasteiger partial charge in [0, 0.05) is 12.6 Å². The van der Waals surface area contributed by atoms with Crippen LogP contribution in [0.4, 0.5) is 0 Å². The Labute approximate surface area is 85.9 Å². The van der Waals surface area contributed by atoms with Crippen LogP contribution >= 0.6 is 0 Å². The van der Waals surface area contributed by atoms with Crippen molar-refractivity contribution >= 4 is 5.97 Å². The summed E-state index contributed by atoms with van der Waals surface area (Å²) in [4.78, 5) is 12.7. The van der Waals surface area contributed by atoms with E-state index in [0.29, 0.717) is 19.6 Å². The van der Waals surface area contributed by atoms with Crippen molar-refractivity contribution in [3.05, 3.63) is 0 Å². The van der Waals surface area contributed by atoms with Gasteiger partial charge in [-0.25, -0.2) is 0 Å². The van der Waals surface area contributed by atoms with Crippen LogP contribution in [0.5, 0.6) is 0 Å². The lowest BCUT2D eigenvalue weighted by Crippen LogP contribution is -2.45. The first kappa shape index (κ1) is 13.4. The molecule has 0 radical (unpaired) electrons. The van der Waals surface area contributed by atoms with Gasteiger partial charge in [0.25, 0.3) is 0 Å². The maximum absolute atomic E-state index is 10.9. The van der Waals surface area contributed by atoms with E-state index in [1.807, 2.05) is 32.7 Å². The maximum atomic E-state index is 10.9. The molecule has 2 atom stereocenters. The highest BCUT2D eigenvalue weighted by Gasteiger charge is 2.24. The Hall–Kier alpha value is -0.610. The van der Waals surface area contributed by atoms with Crippen LogP contribution in [0.15, 0.2) is 0 Å². The highest BCUT2D eigenvalue weighted by atomic mass is 16.5. The molecule has 14 heavy (non-hydrogen) atoms. The number of aliphatic carboxylic acids is 1. The van der Waals surface area contributed by atoms with Crippen LogP contribution in [-0.2, 0) is 9.53 Å². The van der Waals surface area contributed by atoms with E-state index < -0.39 is 12.0 Å². The van der Waals surface area contributed by atoms with Gasteiger partial charge >= 0.3 is 5.97 Å². The first-order valence-electron chi connectivity index (χ1n) is 5.07. The molecule has 2 unspecified atom stereocenters. The molecule has 0 fully saturated rings. The second-order valence-corrected chi connectivity index (χ2v) is 3.44. The standard InChI is InChI=1S/C10H21NO3/c1-5-9(10(12)13)11(4)8(3)7-14-6-2/h8-9H,5-7H2,1-4H3,(H,12,13). The zero-order chi connectivity index (χ0) is 11.1. The van der Waals surface area contributed by atoms with E-state index in [9.17, 15) is 4.79 Å². The number of carbonyl (C=O) groups is 1. The highest BCUT2D eigenvalue weighted by molar-refractivity contribution is 5.73. The fraction of sp³-hybridized carbons (Fsp3) is 0.900. The fourth-order valence-electron chi connectivity index (χ4n) is 1.35. The third-order valence-corrected chi connectivity index (χ3v) is 2.42. The summed E-state index contributed by atoms with van der Waals surface area (Å²) in [5, 5.41) is 8.94. The number of hydrogen-bond acceptors (Lipinski definition) is 3. The van der Waals surface area contributed by atoms with E-state index in [-0.39, 0.29) is 6.04 Å². The topological polar surface area (TPSA) is 49.8 Å². The van der Waals surface area contributed by atoms with Crippen molar-refractivity contribution in [1.29, 1.82) is 0 Å². The molecule has 0 amide bonds. The number of ether oxygens (including phenoxy) is 1. The van der Waals surface area contributed by atoms with Crippen molar-refractivity contribution in [3.8, 4) is 0 Å². The van der Waals surface area contributed by atoms with Crippen molar-refractivity contribution in [2.45, 2.75) is 39.3 Å². The lowest BCUT2D eigenvalue weighted by molar-refractivity contribution is -0.144. The van der Waals surface area contributed by atoms with Gasteiger partial charge in [0.1, 0.15) is 6.04 Å². The molecule has 0 aliphatic carbocycles. The molecule has 0 aliphatic rings. The van der Waals surface area contributed by atoms with Crippen molar-refractivity contribution in [2.75, 3.05) is 20.3 Å². The van der Waals surface area contributed by atoms with E-state index in [0.717, 1.165) is 0 Å². The Morgan fingerprint density at radius 1 is 1.50 bits per heavy atom. The van der Waals surface area contributed by atoms with Gasteiger partial charge in [0.15, 0.2) is 0 Å². The number of nitrogens with zero attached hydrogens (tertiary/aromatic N) is 1. The van der Waals surface area contributed by atoms with Crippen LogP contribution in [0.3, 0.4) is 0 Å². The Morgan fingerprint density at radius 2 is 2.07 bits per heavy atom. The molecule has 4 nitrogen and oxygen atoms in total. The summed E-state index contributed by atoms with van der Waals surface area (Å²) in [5.41, 5.74) is 0. The molecule has 0 saturated heterocycles. The average Bonchev–Trinajstić information content (AvgIpc) is 2.14. The number of hydrogen-bond donors (Lipinski definition) is 1. The summed E-state index contributed by atoms with van der Waals surface area (Å²) >= 11 is 0. The molecule has 0 bridgehead atoms. The predicted molar refractivity (Wildman–Crippen MR) is 55.4 cm³/mol. The average molecular weight is 203 g/mol. The number of carboxylic acids is 1. The lowest BCUT2D eigenvalue weighted by Gasteiger charge is -2.29. The van der Waals surface area contributed by atoms with Gasteiger partial charge in [-0.3, -0.25) is 9.69 Å². The largest absolute Gasteiger partial charge is 0.480 e. The molecule has 0 aromatic heterocycles. The van der Waals surface area contributed by atoms with Gasteiger partial charge in [-0.1, -0.05) is 6.92 Å². The zero-order valence-electron chi connectivity index (χ0n) is 9.49. The Morgan fingerprint density at radius 3 is 2.43 bits per heavy atom. The third-order valence-electron chi connectivity index (χ3n) is 2.42. The van der Waals surface area contributed by atoms with Crippen LogP contribution in [0.25, 0.3) is 0 Å². The van der Waals surface area contributed by atoms with Crippen molar-refractivity contribution in [1.82, 2.24) is 4.90 Å². The minimum atomic E-state index is -0.765. The quantitative estimate of drug-likeness (QED) is 0.675. The normalized spacial score (nSPS) is 15.5. The van der Waals surface area contributed by atoms with E-state index >= 15 is 0 Å². The minimum Gasteiger partial charge on any atom is -0.480 e. The molecule has 0 aromatic rings. The van der Waals surface area contributed by atoms with Gasteiger partial charge in [0.05, 0.1) is 6.61 Å². The van der Waals surface area contributed by atoms with Gasteiger partial charge < -0.3 is 9.84 Å². The maximum Gasteiger partial charge on any atom is 0.320 e. The van der Waals surface area contributed by atoms with Crippen LogP contribution in [0.1, 0.15) is 27.2 Å². The number of carboxylic acid groups (broad SMARTS) is 1. The predicted octanol–water partition coefficient (Wildman–Crippen LogP) is 1.21. The van der Waals surface area contributed by atoms with E-state index in [2.05, 4.69) is 0 Å². The van der Waals surface area contributed by atoms with Crippen molar-refractivity contribution < 1.29 is 14.6 Å². The molecule has 84 valence electrons.